The van der Waals surface area contributed by atoms with Gasteiger partial charge in [-0.15, -0.1) is 5.10 Å². The number of amides is 1. The number of anilines is 1. The quantitative estimate of drug-likeness (QED) is 0.726. The number of halogens is 3. The Kier molecular flexibility index (Phi) is 4.91. The maximum Gasteiger partial charge on any atom is 0.417 e. The summed E-state index contributed by atoms with van der Waals surface area (Å²) in [7, 11) is 0. The lowest BCUT2D eigenvalue weighted by Gasteiger charge is -2.18. The van der Waals surface area contributed by atoms with E-state index in [9.17, 15) is 18.0 Å². The van der Waals surface area contributed by atoms with E-state index in [2.05, 4.69) is 20.5 Å². The number of benzene rings is 1. The zero-order valence-corrected chi connectivity index (χ0v) is 15.2. The molecule has 10 heteroatoms. The molecular formula is C19H17F3N6O. The minimum Gasteiger partial charge on any atom is -0.354 e. The number of alkyl halides is 3. The molecule has 1 amide bonds. The third-order valence-corrected chi connectivity index (χ3v) is 4.63. The molecule has 0 bridgehead atoms. The number of para-hydroxylation sites is 1. The lowest BCUT2D eigenvalue weighted by atomic mass is 10.2. The number of carbonyl (C=O) groups is 1. The number of carbonyl (C=O) groups excluding carboxylic acids is 1. The first-order valence-electron chi connectivity index (χ1n) is 8.97. The zero-order chi connectivity index (χ0) is 20.4. The van der Waals surface area contributed by atoms with Crippen LogP contribution in [-0.2, 0) is 6.18 Å². The molecule has 2 aromatic heterocycles. The van der Waals surface area contributed by atoms with Gasteiger partial charge in [-0.2, -0.15) is 23.1 Å². The van der Waals surface area contributed by atoms with Crippen LogP contribution in [0.5, 0.6) is 0 Å². The van der Waals surface area contributed by atoms with Gasteiger partial charge in [0.05, 0.1) is 17.4 Å². The molecule has 7 nitrogen and oxygen atoms in total. The van der Waals surface area contributed by atoms with E-state index in [1.165, 1.54) is 17.1 Å². The largest absolute Gasteiger partial charge is 0.417 e. The van der Waals surface area contributed by atoms with Crippen molar-refractivity contribution >= 4 is 11.7 Å². The topological polar surface area (TPSA) is 75.9 Å². The summed E-state index contributed by atoms with van der Waals surface area (Å²) in [6.07, 6.45) is -1.54. The summed E-state index contributed by atoms with van der Waals surface area (Å²) >= 11 is 0. The van der Waals surface area contributed by atoms with E-state index in [0.717, 1.165) is 18.0 Å². The smallest absolute Gasteiger partial charge is 0.354 e. The molecule has 0 spiro atoms. The number of nitrogens with one attached hydrogen (secondary N) is 1. The Morgan fingerprint density at radius 1 is 1.10 bits per heavy atom. The molecule has 1 fully saturated rings. The summed E-state index contributed by atoms with van der Waals surface area (Å²) in [4.78, 5) is 19.6. The second-order valence-corrected chi connectivity index (χ2v) is 6.66. The molecule has 3 aromatic rings. The van der Waals surface area contributed by atoms with E-state index in [1.54, 1.807) is 0 Å². The molecule has 0 radical (unpaired) electrons. The Morgan fingerprint density at radius 3 is 2.59 bits per heavy atom. The van der Waals surface area contributed by atoms with Gasteiger partial charge < -0.3 is 10.2 Å². The van der Waals surface area contributed by atoms with Crippen molar-refractivity contribution in [2.45, 2.75) is 18.6 Å². The van der Waals surface area contributed by atoms with Gasteiger partial charge in [-0.25, -0.2) is 4.98 Å². The molecule has 150 valence electrons. The highest BCUT2D eigenvalue weighted by Gasteiger charge is 2.31. The Hall–Kier alpha value is -3.43. The first-order valence-corrected chi connectivity index (χ1v) is 8.97. The fourth-order valence-corrected chi connectivity index (χ4v) is 3.14. The molecule has 1 aliphatic heterocycles. The van der Waals surface area contributed by atoms with Gasteiger partial charge >= 0.3 is 6.18 Å². The molecule has 3 heterocycles. The summed E-state index contributed by atoms with van der Waals surface area (Å²) in [5.41, 5.74) is 0.152. The van der Waals surface area contributed by atoms with E-state index in [0.29, 0.717) is 25.3 Å². The summed E-state index contributed by atoms with van der Waals surface area (Å²) in [5.74, 6) is 0.101. The predicted octanol–water partition coefficient (Wildman–Crippen LogP) is 2.69. The molecule has 4 rings (SSSR count). The minimum absolute atomic E-state index is 0.159. The second kappa shape index (κ2) is 7.53. The molecule has 1 N–H and O–H groups in total. The molecule has 0 aliphatic carbocycles. The van der Waals surface area contributed by atoms with Crippen molar-refractivity contribution in [2.24, 2.45) is 0 Å². The lowest BCUT2D eigenvalue weighted by Crippen LogP contribution is -2.37. The Bertz CT molecular complexity index is 987. The minimum atomic E-state index is -4.41. The summed E-state index contributed by atoms with van der Waals surface area (Å²) in [6, 6.07) is 11.4. The van der Waals surface area contributed by atoms with Crippen molar-refractivity contribution in [3.8, 4) is 5.69 Å². The van der Waals surface area contributed by atoms with Gasteiger partial charge in [0.15, 0.2) is 5.69 Å². The molecule has 1 saturated heterocycles. The van der Waals surface area contributed by atoms with Crippen LogP contribution in [0, 0.1) is 0 Å². The van der Waals surface area contributed by atoms with Crippen molar-refractivity contribution in [3.63, 3.8) is 0 Å². The number of rotatable bonds is 4. The number of pyridine rings is 1. The molecular weight excluding hydrogens is 385 g/mol. The lowest BCUT2D eigenvalue weighted by molar-refractivity contribution is -0.137. The number of aromatic nitrogens is 4. The van der Waals surface area contributed by atoms with Crippen LogP contribution in [0.3, 0.4) is 0 Å². The van der Waals surface area contributed by atoms with E-state index >= 15 is 0 Å². The van der Waals surface area contributed by atoms with Crippen LogP contribution in [0.4, 0.5) is 19.0 Å². The summed E-state index contributed by atoms with van der Waals surface area (Å²) in [5, 5.41) is 11.2. The van der Waals surface area contributed by atoms with E-state index in [1.807, 2.05) is 35.2 Å². The van der Waals surface area contributed by atoms with Crippen LogP contribution >= 0.6 is 0 Å². The van der Waals surface area contributed by atoms with Gasteiger partial charge in [0.1, 0.15) is 5.82 Å². The fourth-order valence-electron chi connectivity index (χ4n) is 3.14. The third kappa shape index (κ3) is 4.20. The van der Waals surface area contributed by atoms with Crippen molar-refractivity contribution in [1.29, 1.82) is 0 Å². The van der Waals surface area contributed by atoms with Crippen molar-refractivity contribution in [3.05, 3.63) is 66.1 Å². The maximum absolute atomic E-state index is 12.7. The van der Waals surface area contributed by atoms with Crippen LogP contribution in [0.1, 0.15) is 22.5 Å². The fraction of sp³-hybridized carbons (Fsp3) is 0.263. The standard InChI is InChI=1S/C19H17F3N6O/c20-19(21,22)13-6-7-17(23-10-13)27-9-8-14(12-27)25-18(29)16-11-24-28(26-16)15-4-2-1-3-5-15/h1-7,10-11,14H,8-9,12H2,(H,25,29)/t14-/m0/s1. The van der Waals surface area contributed by atoms with E-state index in [4.69, 9.17) is 0 Å². The Balaban J connectivity index is 1.36. The highest BCUT2D eigenvalue weighted by atomic mass is 19.4. The average Bonchev–Trinajstić information content (AvgIpc) is 3.38. The molecule has 0 saturated carbocycles. The van der Waals surface area contributed by atoms with E-state index in [-0.39, 0.29) is 17.6 Å². The van der Waals surface area contributed by atoms with Gasteiger partial charge in [-0.3, -0.25) is 4.79 Å². The molecule has 0 unspecified atom stereocenters. The average molecular weight is 402 g/mol. The first kappa shape index (κ1) is 18.9. The van der Waals surface area contributed by atoms with E-state index < -0.39 is 11.7 Å². The second-order valence-electron chi connectivity index (χ2n) is 6.66. The number of nitrogens with zero attached hydrogens (tertiary/aromatic N) is 5. The predicted molar refractivity (Wildman–Crippen MR) is 98.7 cm³/mol. The van der Waals surface area contributed by atoms with Crippen molar-refractivity contribution < 1.29 is 18.0 Å². The van der Waals surface area contributed by atoms with Gasteiger partial charge in [0.2, 0.25) is 0 Å². The normalized spacial score (nSPS) is 16.8. The zero-order valence-electron chi connectivity index (χ0n) is 15.2. The molecule has 1 atom stereocenters. The van der Waals surface area contributed by atoms with Gasteiger partial charge in [-0.05, 0) is 30.7 Å². The Morgan fingerprint density at radius 2 is 1.90 bits per heavy atom. The van der Waals surface area contributed by atoms with Crippen molar-refractivity contribution in [1.82, 2.24) is 25.3 Å². The SMILES string of the molecule is O=C(N[C@H]1CCN(c2ccc(C(F)(F)F)cn2)C1)c1cnn(-c2ccccc2)n1. The summed E-state index contributed by atoms with van der Waals surface area (Å²) in [6.45, 7) is 1.04. The maximum atomic E-state index is 12.7. The van der Waals surface area contributed by atoms with Crippen LogP contribution in [0.15, 0.2) is 54.9 Å². The van der Waals surface area contributed by atoms with Crippen LogP contribution in [-0.4, -0.2) is 45.0 Å². The van der Waals surface area contributed by atoms with Crippen LogP contribution < -0.4 is 10.2 Å². The van der Waals surface area contributed by atoms with Crippen LogP contribution in [0.2, 0.25) is 0 Å². The highest BCUT2D eigenvalue weighted by Crippen LogP contribution is 2.29. The number of hydrogen-bond donors (Lipinski definition) is 1. The third-order valence-electron chi connectivity index (χ3n) is 4.63. The molecule has 1 aliphatic rings. The summed E-state index contributed by atoms with van der Waals surface area (Å²) < 4.78 is 38.0. The first-order chi connectivity index (χ1) is 13.9. The highest BCUT2D eigenvalue weighted by molar-refractivity contribution is 5.92. The van der Waals surface area contributed by atoms with Gasteiger partial charge in [0.25, 0.3) is 5.91 Å². The monoisotopic (exact) mass is 402 g/mol. The van der Waals surface area contributed by atoms with Crippen molar-refractivity contribution in [2.75, 3.05) is 18.0 Å². The molecule has 29 heavy (non-hydrogen) atoms. The van der Waals surface area contributed by atoms with Crippen LogP contribution in [0.25, 0.3) is 5.69 Å². The van der Waals surface area contributed by atoms with Gasteiger partial charge in [0, 0.05) is 25.3 Å². The van der Waals surface area contributed by atoms with Gasteiger partial charge in [-0.1, -0.05) is 18.2 Å². The number of hydrogen-bond acceptors (Lipinski definition) is 5. The molecule has 1 aromatic carbocycles. The Labute approximate surface area is 164 Å².